The van der Waals surface area contributed by atoms with Crippen LogP contribution in [0.1, 0.15) is 17.4 Å². The molecule has 0 bridgehead atoms. The lowest BCUT2D eigenvalue weighted by molar-refractivity contribution is -0.123. The van der Waals surface area contributed by atoms with Crippen molar-refractivity contribution in [2.24, 2.45) is 0 Å². The molecule has 0 aliphatic carbocycles. The first kappa shape index (κ1) is 15.4. The molecule has 8 heteroatoms. The standard InChI is InChI=1S/C14H13FN4O3/c1-8(13(20)19-10-5-3-2-4-9(10)15)22-14(21)11-12(16)18-7-6-17-11/h2-8H,1H3,(H2,16,18)(H,19,20). The van der Waals surface area contributed by atoms with E-state index in [1.54, 1.807) is 6.07 Å². The van der Waals surface area contributed by atoms with Crippen LogP contribution >= 0.6 is 0 Å². The molecule has 7 nitrogen and oxygen atoms in total. The monoisotopic (exact) mass is 304 g/mol. The Bertz CT molecular complexity index is 708. The Balaban J connectivity index is 2.01. The van der Waals surface area contributed by atoms with Crippen LogP contribution < -0.4 is 11.1 Å². The number of hydrogen-bond donors (Lipinski definition) is 2. The average Bonchev–Trinajstić information content (AvgIpc) is 2.49. The third-order valence-corrected chi connectivity index (χ3v) is 2.70. The maximum Gasteiger partial charge on any atom is 0.361 e. The van der Waals surface area contributed by atoms with E-state index in [2.05, 4.69) is 15.3 Å². The van der Waals surface area contributed by atoms with Crippen molar-refractivity contribution in [2.75, 3.05) is 11.1 Å². The van der Waals surface area contributed by atoms with E-state index in [0.29, 0.717) is 0 Å². The number of para-hydroxylation sites is 1. The lowest BCUT2D eigenvalue weighted by Gasteiger charge is -2.13. The summed E-state index contributed by atoms with van der Waals surface area (Å²) < 4.78 is 18.4. The van der Waals surface area contributed by atoms with Crippen molar-refractivity contribution in [3.8, 4) is 0 Å². The summed E-state index contributed by atoms with van der Waals surface area (Å²) in [4.78, 5) is 31.2. The van der Waals surface area contributed by atoms with Gasteiger partial charge in [-0.05, 0) is 19.1 Å². The summed E-state index contributed by atoms with van der Waals surface area (Å²) in [6.07, 6.45) is 1.44. The number of nitrogen functional groups attached to an aromatic ring is 1. The van der Waals surface area contributed by atoms with Gasteiger partial charge in [-0.2, -0.15) is 0 Å². The van der Waals surface area contributed by atoms with Crippen molar-refractivity contribution in [3.63, 3.8) is 0 Å². The summed E-state index contributed by atoms with van der Waals surface area (Å²) in [6, 6.07) is 5.65. The Morgan fingerprint density at radius 1 is 1.27 bits per heavy atom. The van der Waals surface area contributed by atoms with Gasteiger partial charge in [0.2, 0.25) is 0 Å². The summed E-state index contributed by atoms with van der Waals surface area (Å²) in [6.45, 7) is 1.35. The van der Waals surface area contributed by atoms with Crippen LogP contribution in [0.25, 0.3) is 0 Å². The quantitative estimate of drug-likeness (QED) is 0.826. The Morgan fingerprint density at radius 2 is 1.95 bits per heavy atom. The van der Waals surface area contributed by atoms with Crippen LogP contribution in [-0.4, -0.2) is 27.9 Å². The number of anilines is 2. The third kappa shape index (κ3) is 3.54. The zero-order valence-corrected chi connectivity index (χ0v) is 11.6. The van der Waals surface area contributed by atoms with Crippen molar-refractivity contribution in [3.05, 3.63) is 48.2 Å². The van der Waals surface area contributed by atoms with Crippen LogP contribution in [0.15, 0.2) is 36.7 Å². The number of carbonyl (C=O) groups is 2. The molecule has 1 amide bonds. The Morgan fingerprint density at radius 3 is 2.64 bits per heavy atom. The minimum Gasteiger partial charge on any atom is -0.448 e. The Labute approximate surface area is 125 Å². The van der Waals surface area contributed by atoms with Crippen LogP contribution in [0.5, 0.6) is 0 Å². The molecule has 0 radical (unpaired) electrons. The molecule has 0 spiro atoms. The summed E-state index contributed by atoms with van der Waals surface area (Å²) in [5, 5.41) is 2.32. The van der Waals surface area contributed by atoms with Crippen LogP contribution in [0.3, 0.4) is 0 Å². The second-order valence-corrected chi connectivity index (χ2v) is 4.31. The number of halogens is 1. The fourth-order valence-electron chi connectivity index (χ4n) is 1.57. The predicted octanol–water partition coefficient (Wildman–Crippen LogP) is 1.38. The van der Waals surface area contributed by atoms with Crippen molar-refractivity contribution in [1.82, 2.24) is 9.97 Å². The number of ether oxygens (including phenoxy) is 1. The van der Waals surface area contributed by atoms with Gasteiger partial charge in [0.1, 0.15) is 5.82 Å². The molecular formula is C14H13FN4O3. The van der Waals surface area contributed by atoms with Gasteiger partial charge in [0.25, 0.3) is 5.91 Å². The van der Waals surface area contributed by atoms with Crippen molar-refractivity contribution in [1.29, 1.82) is 0 Å². The van der Waals surface area contributed by atoms with E-state index in [0.717, 1.165) is 0 Å². The molecule has 1 atom stereocenters. The van der Waals surface area contributed by atoms with E-state index >= 15 is 0 Å². The van der Waals surface area contributed by atoms with Gasteiger partial charge in [-0.15, -0.1) is 0 Å². The van der Waals surface area contributed by atoms with Gasteiger partial charge in [-0.1, -0.05) is 12.1 Å². The van der Waals surface area contributed by atoms with Gasteiger partial charge < -0.3 is 15.8 Å². The van der Waals surface area contributed by atoms with Gasteiger partial charge in [-0.25, -0.2) is 19.2 Å². The van der Waals surface area contributed by atoms with E-state index in [-0.39, 0.29) is 17.2 Å². The SMILES string of the molecule is CC(OC(=O)c1nccnc1N)C(=O)Nc1ccccc1F. The van der Waals surface area contributed by atoms with Crippen LogP contribution in [0, 0.1) is 5.82 Å². The topological polar surface area (TPSA) is 107 Å². The number of nitrogens with zero attached hydrogens (tertiary/aromatic N) is 2. The fourth-order valence-corrected chi connectivity index (χ4v) is 1.57. The molecule has 1 heterocycles. The molecular weight excluding hydrogens is 291 g/mol. The highest BCUT2D eigenvalue weighted by atomic mass is 19.1. The molecule has 3 N–H and O–H groups in total. The van der Waals surface area contributed by atoms with E-state index in [1.807, 2.05) is 0 Å². The first-order valence-corrected chi connectivity index (χ1v) is 6.32. The lowest BCUT2D eigenvalue weighted by Crippen LogP contribution is -2.30. The van der Waals surface area contributed by atoms with Crippen molar-refractivity contribution >= 4 is 23.4 Å². The highest BCUT2D eigenvalue weighted by molar-refractivity contribution is 5.98. The minimum atomic E-state index is -1.16. The zero-order valence-electron chi connectivity index (χ0n) is 11.6. The number of nitrogens with one attached hydrogen (secondary N) is 1. The number of benzene rings is 1. The maximum absolute atomic E-state index is 13.4. The molecule has 0 aliphatic rings. The summed E-state index contributed by atoms with van der Waals surface area (Å²) in [5.41, 5.74) is 5.30. The number of nitrogens with two attached hydrogens (primary N) is 1. The number of aromatic nitrogens is 2. The minimum absolute atomic E-state index is 0.00517. The number of hydrogen-bond acceptors (Lipinski definition) is 6. The molecule has 114 valence electrons. The first-order valence-electron chi connectivity index (χ1n) is 6.32. The van der Waals surface area contributed by atoms with Gasteiger partial charge >= 0.3 is 5.97 Å². The van der Waals surface area contributed by atoms with E-state index in [1.165, 1.54) is 37.5 Å². The average molecular weight is 304 g/mol. The number of esters is 1. The van der Waals surface area contributed by atoms with Crippen LogP contribution in [0.4, 0.5) is 15.9 Å². The molecule has 0 fully saturated rings. The van der Waals surface area contributed by atoms with E-state index < -0.39 is 23.8 Å². The zero-order chi connectivity index (χ0) is 16.1. The molecule has 22 heavy (non-hydrogen) atoms. The fraction of sp³-hybridized carbons (Fsp3) is 0.143. The normalized spacial score (nSPS) is 11.5. The highest BCUT2D eigenvalue weighted by Gasteiger charge is 2.22. The molecule has 2 rings (SSSR count). The van der Waals surface area contributed by atoms with Gasteiger partial charge in [-0.3, -0.25) is 4.79 Å². The van der Waals surface area contributed by atoms with Gasteiger partial charge in [0.05, 0.1) is 5.69 Å². The molecule has 0 saturated carbocycles. The van der Waals surface area contributed by atoms with Crippen molar-refractivity contribution in [2.45, 2.75) is 13.0 Å². The number of rotatable bonds is 4. The maximum atomic E-state index is 13.4. The van der Waals surface area contributed by atoms with Crippen LogP contribution in [-0.2, 0) is 9.53 Å². The van der Waals surface area contributed by atoms with Gasteiger partial charge in [0, 0.05) is 12.4 Å². The molecule has 0 aliphatic heterocycles. The Kier molecular flexibility index (Phi) is 4.62. The second kappa shape index (κ2) is 6.61. The molecule has 1 aromatic heterocycles. The lowest BCUT2D eigenvalue weighted by atomic mass is 10.3. The van der Waals surface area contributed by atoms with E-state index in [4.69, 9.17) is 10.5 Å². The smallest absolute Gasteiger partial charge is 0.361 e. The second-order valence-electron chi connectivity index (χ2n) is 4.31. The molecule has 2 aromatic rings. The highest BCUT2D eigenvalue weighted by Crippen LogP contribution is 2.14. The molecule has 1 aromatic carbocycles. The van der Waals surface area contributed by atoms with Crippen molar-refractivity contribution < 1.29 is 18.7 Å². The van der Waals surface area contributed by atoms with E-state index in [9.17, 15) is 14.0 Å². The predicted molar refractivity (Wildman–Crippen MR) is 76.4 cm³/mol. The summed E-state index contributed by atoms with van der Waals surface area (Å²) in [5.74, 6) is -2.26. The number of carbonyl (C=O) groups excluding carboxylic acids is 2. The van der Waals surface area contributed by atoms with Crippen LogP contribution in [0.2, 0.25) is 0 Å². The largest absolute Gasteiger partial charge is 0.448 e. The summed E-state index contributed by atoms with van der Waals surface area (Å²) in [7, 11) is 0. The Hall–Kier alpha value is -3.03. The number of amides is 1. The molecule has 1 unspecified atom stereocenters. The van der Waals surface area contributed by atoms with Gasteiger partial charge in [0.15, 0.2) is 17.6 Å². The first-order chi connectivity index (χ1) is 10.5. The summed E-state index contributed by atoms with van der Waals surface area (Å²) >= 11 is 0. The third-order valence-electron chi connectivity index (χ3n) is 2.70. The molecule has 0 saturated heterocycles.